The molecule has 0 atom stereocenters. The maximum Gasteiger partial charge on any atom is 0.0540 e. The summed E-state index contributed by atoms with van der Waals surface area (Å²) in [5.41, 5.74) is 18.2. The fourth-order valence-electron chi connectivity index (χ4n) is 8.87. The number of para-hydroxylation sites is 1. The van der Waals surface area contributed by atoms with Crippen molar-refractivity contribution in [1.29, 1.82) is 0 Å². The van der Waals surface area contributed by atoms with E-state index in [1.165, 1.54) is 77.5 Å². The summed E-state index contributed by atoms with van der Waals surface area (Å²) in [6, 6.07) is 77.7. The molecule has 266 valence electrons. The predicted octanol–water partition coefficient (Wildman–Crippen LogP) is 15.3. The van der Waals surface area contributed by atoms with Gasteiger partial charge in [0.1, 0.15) is 0 Å². The first-order valence-corrected chi connectivity index (χ1v) is 19.5. The predicted molar refractivity (Wildman–Crippen MR) is 238 cm³/mol. The van der Waals surface area contributed by atoms with Crippen LogP contribution in [0.15, 0.2) is 212 Å². The van der Waals surface area contributed by atoms with Crippen molar-refractivity contribution >= 4 is 27.8 Å². The molecule has 1 aliphatic rings. The number of rotatable bonds is 7. The highest BCUT2D eigenvalue weighted by atomic mass is 15.1. The molecule has 0 fully saturated rings. The van der Waals surface area contributed by atoms with Crippen LogP contribution in [0.5, 0.6) is 0 Å². The molecular formula is C55H41N. The average Bonchev–Trinajstić information content (AvgIpc) is 3.50. The van der Waals surface area contributed by atoms with Gasteiger partial charge in [-0.3, -0.25) is 0 Å². The van der Waals surface area contributed by atoms with Crippen LogP contribution < -0.4 is 4.90 Å². The Labute approximate surface area is 329 Å². The van der Waals surface area contributed by atoms with Gasteiger partial charge in [0.25, 0.3) is 0 Å². The molecule has 0 spiro atoms. The van der Waals surface area contributed by atoms with E-state index in [-0.39, 0.29) is 5.41 Å². The molecule has 1 aliphatic carbocycles. The molecule has 0 radical (unpaired) electrons. The van der Waals surface area contributed by atoms with Gasteiger partial charge in [-0.05, 0) is 103 Å². The lowest BCUT2D eigenvalue weighted by molar-refractivity contribution is 0.660. The zero-order chi connectivity index (χ0) is 37.6. The van der Waals surface area contributed by atoms with Gasteiger partial charge in [0, 0.05) is 22.2 Å². The van der Waals surface area contributed by atoms with Crippen LogP contribution in [0.1, 0.15) is 25.0 Å². The Kier molecular flexibility index (Phi) is 8.23. The third-order valence-electron chi connectivity index (χ3n) is 11.7. The molecular weight excluding hydrogens is 675 g/mol. The van der Waals surface area contributed by atoms with Crippen molar-refractivity contribution in [2.45, 2.75) is 19.3 Å². The zero-order valence-electron chi connectivity index (χ0n) is 31.7. The van der Waals surface area contributed by atoms with Crippen molar-refractivity contribution in [2.75, 3.05) is 4.90 Å². The van der Waals surface area contributed by atoms with Crippen LogP contribution in [0.25, 0.3) is 66.4 Å². The first-order chi connectivity index (χ1) is 27.5. The molecule has 0 saturated heterocycles. The van der Waals surface area contributed by atoms with E-state index in [9.17, 15) is 0 Å². The summed E-state index contributed by atoms with van der Waals surface area (Å²) < 4.78 is 0. The normalized spacial score (nSPS) is 12.6. The van der Waals surface area contributed by atoms with Crippen LogP contribution in [0, 0.1) is 0 Å². The monoisotopic (exact) mass is 715 g/mol. The molecule has 0 unspecified atom stereocenters. The fraction of sp³-hybridized carbons (Fsp3) is 0.0545. The summed E-state index contributed by atoms with van der Waals surface area (Å²) in [5, 5.41) is 2.48. The number of hydrogen-bond donors (Lipinski definition) is 0. The number of nitrogens with zero attached hydrogens (tertiary/aromatic N) is 1. The van der Waals surface area contributed by atoms with Crippen molar-refractivity contribution in [2.24, 2.45) is 0 Å². The molecule has 9 aromatic rings. The molecule has 1 heteroatoms. The van der Waals surface area contributed by atoms with Gasteiger partial charge in [-0.1, -0.05) is 190 Å². The van der Waals surface area contributed by atoms with Gasteiger partial charge in [-0.2, -0.15) is 0 Å². The second-order valence-electron chi connectivity index (χ2n) is 15.3. The third-order valence-corrected chi connectivity index (χ3v) is 11.7. The standard InChI is InChI=1S/C55H41N/c1-55(2)50-28-13-11-26-48(50)54-47(27-16-29-51(54)55)46-25-12-14-30-52(46)56(45-24-15-23-42(36-45)43-32-31-39-19-9-10-22-41(39)35-43)53-34-33-44(38-17-5-3-6-18-38)37-49(53)40-20-7-4-8-21-40/h3-37H,1-2H3. The summed E-state index contributed by atoms with van der Waals surface area (Å²) in [4.78, 5) is 2.49. The van der Waals surface area contributed by atoms with Gasteiger partial charge in [0.05, 0.1) is 11.4 Å². The lowest BCUT2D eigenvalue weighted by Crippen LogP contribution is -2.15. The molecule has 9 aromatic carbocycles. The van der Waals surface area contributed by atoms with Crippen LogP contribution in [-0.4, -0.2) is 0 Å². The van der Waals surface area contributed by atoms with Crippen molar-refractivity contribution in [3.63, 3.8) is 0 Å². The topological polar surface area (TPSA) is 3.24 Å². The molecule has 0 amide bonds. The van der Waals surface area contributed by atoms with E-state index in [4.69, 9.17) is 0 Å². The van der Waals surface area contributed by atoms with E-state index >= 15 is 0 Å². The first kappa shape index (κ1) is 33.6. The second kappa shape index (κ2) is 13.7. The van der Waals surface area contributed by atoms with Gasteiger partial charge in [-0.15, -0.1) is 0 Å². The number of benzene rings is 9. The van der Waals surface area contributed by atoms with Gasteiger partial charge < -0.3 is 4.90 Å². The van der Waals surface area contributed by atoms with Crippen LogP contribution >= 0.6 is 0 Å². The van der Waals surface area contributed by atoms with E-state index in [0.717, 1.165) is 17.1 Å². The second-order valence-corrected chi connectivity index (χ2v) is 15.3. The van der Waals surface area contributed by atoms with Gasteiger partial charge >= 0.3 is 0 Å². The third kappa shape index (κ3) is 5.72. The number of fused-ring (bicyclic) bond motifs is 4. The van der Waals surface area contributed by atoms with Gasteiger partial charge in [-0.25, -0.2) is 0 Å². The molecule has 1 nitrogen and oxygen atoms in total. The zero-order valence-corrected chi connectivity index (χ0v) is 31.7. The van der Waals surface area contributed by atoms with Gasteiger partial charge in [0.15, 0.2) is 0 Å². The van der Waals surface area contributed by atoms with E-state index in [0.29, 0.717) is 0 Å². The van der Waals surface area contributed by atoms with Crippen LogP contribution in [0.2, 0.25) is 0 Å². The van der Waals surface area contributed by atoms with E-state index < -0.39 is 0 Å². The molecule has 0 bridgehead atoms. The Bertz CT molecular complexity index is 2880. The highest BCUT2D eigenvalue weighted by Crippen LogP contribution is 2.54. The van der Waals surface area contributed by atoms with Crippen molar-refractivity contribution in [3.05, 3.63) is 223 Å². The van der Waals surface area contributed by atoms with Gasteiger partial charge in [0.2, 0.25) is 0 Å². The molecule has 0 saturated carbocycles. The SMILES string of the molecule is CC1(C)c2ccccc2-c2c(-c3ccccc3N(c3cccc(-c4ccc5ccccc5c4)c3)c3ccc(-c4ccccc4)cc3-c3ccccc3)cccc21. The minimum Gasteiger partial charge on any atom is -0.309 e. The quantitative estimate of drug-likeness (QED) is 0.159. The largest absolute Gasteiger partial charge is 0.309 e. The highest BCUT2D eigenvalue weighted by Gasteiger charge is 2.37. The van der Waals surface area contributed by atoms with E-state index in [2.05, 4.69) is 231 Å². The van der Waals surface area contributed by atoms with E-state index in [1.807, 2.05) is 0 Å². The summed E-state index contributed by atoms with van der Waals surface area (Å²) in [5.74, 6) is 0. The summed E-state index contributed by atoms with van der Waals surface area (Å²) in [6.45, 7) is 4.72. The summed E-state index contributed by atoms with van der Waals surface area (Å²) in [7, 11) is 0. The molecule has 0 aliphatic heterocycles. The Morgan fingerprint density at radius 1 is 0.321 bits per heavy atom. The first-order valence-electron chi connectivity index (χ1n) is 19.5. The minimum atomic E-state index is -0.0987. The maximum absolute atomic E-state index is 2.49. The van der Waals surface area contributed by atoms with E-state index in [1.54, 1.807) is 0 Å². The Morgan fingerprint density at radius 2 is 0.875 bits per heavy atom. The van der Waals surface area contributed by atoms with Crippen LogP contribution in [0.3, 0.4) is 0 Å². The van der Waals surface area contributed by atoms with Crippen LogP contribution in [-0.2, 0) is 5.41 Å². The minimum absolute atomic E-state index is 0.0987. The summed E-state index contributed by atoms with van der Waals surface area (Å²) >= 11 is 0. The lowest BCUT2D eigenvalue weighted by Gasteiger charge is -2.31. The maximum atomic E-state index is 2.49. The number of hydrogen-bond acceptors (Lipinski definition) is 1. The van der Waals surface area contributed by atoms with Crippen molar-refractivity contribution in [3.8, 4) is 55.6 Å². The Hall–Kier alpha value is -6.96. The van der Waals surface area contributed by atoms with Crippen molar-refractivity contribution in [1.82, 2.24) is 0 Å². The highest BCUT2D eigenvalue weighted by molar-refractivity contribution is 6.00. The Morgan fingerprint density at radius 3 is 1.70 bits per heavy atom. The average molecular weight is 716 g/mol. The molecule has 10 rings (SSSR count). The molecule has 0 heterocycles. The molecule has 56 heavy (non-hydrogen) atoms. The summed E-state index contributed by atoms with van der Waals surface area (Å²) in [6.07, 6.45) is 0. The van der Waals surface area contributed by atoms with Crippen LogP contribution in [0.4, 0.5) is 17.1 Å². The smallest absolute Gasteiger partial charge is 0.0540 e. The molecule has 0 N–H and O–H groups in total. The van der Waals surface area contributed by atoms with Crippen molar-refractivity contribution < 1.29 is 0 Å². The lowest BCUT2D eigenvalue weighted by atomic mass is 9.82. The Balaban J connectivity index is 1.24. The molecule has 0 aromatic heterocycles. The number of anilines is 3. The fourth-order valence-corrected chi connectivity index (χ4v) is 8.87.